The van der Waals surface area contributed by atoms with Gasteiger partial charge in [-0.1, -0.05) is 37.3 Å². The van der Waals surface area contributed by atoms with Crippen molar-refractivity contribution in [2.75, 3.05) is 33.3 Å². The van der Waals surface area contributed by atoms with Crippen molar-refractivity contribution in [2.24, 2.45) is 5.73 Å². The van der Waals surface area contributed by atoms with Gasteiger partial charge in [0.25, 0.3) is 0 Å². The molecule has 1 fully saturated rings. The maximum Gasteiger partial charge on any atom is 0.0701 e. The predicted molar refractivity (Wildman–Crippen MR) is 83.9 cm³/mol. The lowest BCUT2D eigenvalue weighted by molar-refractivity contribution is -0.00399. The number of likely N-dealkylation sites (N-methyl/N-ethyl adjacent to an activating group) is 1. The maximum absolute atomic E-state index is 6.06. The summed E-state index contributed by atoms with van der Waals surface area (Å²) < 4.78 is 5.83. The lowest BCUT2D eigenvalue weighted by Crippen LogP contribution is -2.45. The molecule has 3 nitrogen and oxygen atoms in total. The van der Waals surface area contributed by atoms with E-state index in [-0.39, 0.29) is 5.41 Å². The molecule has 2 N–H and O–H groups in total. The van der Waals surface area contributed by atoms with Gasteiger partial charge in [-0.3, -0.25) is 0 Å². The molecule has 0 saturated carbocycles. The van der Waals surface area contributed by atoms with E-state index in [1.54, 1.807) is 0 Å². The Morgan fingerprint density at radius 1 is 1.30 bits per heavy atom. The van der Waals surface area contributed by atoms with Gasteiger partial charge in [0.05, 0.1) is 6.10 Å². The number of nitrogens with zero attached hydrogens (tertiary/aromatic N) is 1. The highest BCUT2D eigenvalue weighted by molar-refractivity contribution is 5.25. The molecule has 1 aromatic carbocycles. The van der Waals surface area contributed by atoms with Gasteiger partial charge in [-0.05, 0) is 31.9 Å². The molecule has 0 aromatic heterocycles. The molecular formula is C17H28N2O. The summed E-state index contributed by atoms with van der Waals surface area (Å²) in [6.45, 7) is 5.80. The number of nitrogens with two attached hydrogens (primary N) is 1. The van der Waals surface area contributed by atoms with Crippen LogP contribution in [0.4, 0.5) is 0 Å². The van der Waals surface area contributed by atoms with Gasteiger partial charge in [0.2, 0.25) is 0 Å². The number of hydrogen-bond donors (Lipinski definition) is 1. The van der Waals surface area contributed by atoms with Crippen LogP contribution < -0.4 is 5.73 Å². The molecule has 0 bridgehead atoms. The van der Waals surface area contributed by atoms with Crippen LogP contribution in [0.1, 0.15) is 31.7 Å². The van der Waals surface area contributed by atoms with Crippen molar-refractivity contribution in [2.45, 2.75) is 37.7 Å². The van der Waals surface area contributed by atoms with Gasteiger partial charge in [-0.15, -0.1) is 0 Å². The van der Waals surface area contributed by atoms with E-state index in [0.29, 0.717) is 12.6 Å². The van der Waals surface area contributed by atoms with Gasteiger partial charge < -0.3 is 15.4 Å². The van der Waals surface area contributed by atoms with Crippen LogP contribution in [0, 0.1) is 0 Å². The minimum Gasteiger partial charge on any atom is -0.377 e. The van der Waals surface area contributed by atoms with E-state index < -0.39 is 0 Å². The summed E-state index contributed by atoms with van der Waals surface area (Å²) >= 11 is 0. The molecule has 1 aliphatic heterocycles. The minimum absolute atomic E-state index is 0.00464. The minimum atomic E-state index is 0.00464. The molecule has 0 radical (unpaired) electrons. The van der Waals surface area contributed by atoms with Crippen LogP contribution in [0.3, 0.4) is 0 Å². The molecule has 0 spiro atoms. The van der Waals surface area contributed by atoms with Crippen molar-refractivity contribution in [3.63, 3.8) is 0 Å². The largest absolute Gasteiger partial charge is 0.377 e. The zero-order chi connectivity index (χ0) is 14.4. The van der Waals surface area contributed by atoms with Crippen molar-refractivity contribution in [3.8, 4) is 0 Å². The van der Waals surface area contributed by atoms with Crippen LogP contribution in [0.15, 0.2) is 30.3 Å². The Bertz CT molecular complexity index is 389. The maximum atomic E-state index is 6.06. The van der Waals surface area contributed by atoms with Crippen molar-refractivity contribution in [3.05, 3.63) is 35.9 Å². The predicted octanol–water partition coefficient (Wildman–Crippen LogP) is 2.40. The monoisotopic (exact) mass is 276 g/mol. The summed E-state index contributed by atoms with van der Waals surface area (Å²) in [7, 11) is 2.18. The molecule has 1 aliphatic rings. The molecule has 3 heteroatoms. The van der Waals surface area contributed by atoms with E-state index in [4.69, 9.17) is 10.5 Å². The second-order valence-electron chi connectivity index (χ2n) is 6.32. The second-order valence-corrected chi connectivity index (χ2v) is 6.32. The molecule has 2 atom stereocenters. The Morgan fingerprint density at radius 2 is 2.05 bits per heavy atom. The number of benzene rings is 1. The first-order valence-corrected chi connectivity index (χ1v) is 7.70. The fraction of sp³-hybridized carbons (Fsp3) is 0.647. The average molecular weight is 276 g/mol. The first-order chi connectivity index (χ1) is 9.64. The van der Waals surface area contributed by atoms with Crippen molar-refractivity contribution >= 4 is 0 Å². The standard InChI is InChI=1S/C17H28N2O/c1-17(13-18,15-8-4-3-5-9-15)14-19(2)12-16-10-6-7-11-20-16/h3-5,8-9,16H,6-7,10-14,18H2,1-2H3. The molecular weight excluding hydrogens is 248 g/mol. The highest BCUT2D eigenvalue weighted by Gasteiger charge is 2.27. The van der Waals surface area contributed by atoms with Gasteiger partial charge in [-0.25, -0.2) is 0 Å². The fourth-order valence-electron chi connectivity index (χ4n) is 3.07. The molecule has 1 heterocycles. The Morgan fingerprint density at radius 3 is 2.65 bits per heavy atom. The summed E-state index contributed by atoms with van der Waals surface area (Å²) in [5.74, 6) is 0. The van der Waals surface area contributed by atoms with Crippen LogP contribution in [-0.4, -0.2) is 44.3 Å². The third kappa shape index (κ3) is 4.05. The Kier molecular flexibility index (Phi) is 5.58. The normalized spacial score (nSPS) is 22.7. The zero-order valence-corrected chi connectivity index (χ0v) is 12.8. The van der Waals surface area contributed by atoms with Crippen LogP contribution in [0.2, 0.25) is 0 Å². The van der Waals surface area contributed by atoms with E-state index in [1.165, 1.54) is 24.8 Å². The van der Waals surface area contributed by atoms with Gasteiger partial charge in [-0.2, -0.15) is 0 Å². The SMILES string of the molecule is CN(CC1CCCCO1)CC(C)(CN)c1ccccc1. The number of rotatable bonds is 6. The molecule has 112 valence electrons. The molecule has 0 aliphatic carbocycles. The van der Waals surface area contributed by atoms with Crippen LogP contribution >= 0.6 is 0 Å². The fourth-order valence-corrected chi connectivity index (χ4v) is 3.07. The molecule has 1 aromatic rings. The van der Waals surface area contributed by atoms with Gasteiger partial charge in [0.15, 0.2) is 0 Å². The lowest BCUT2D eigenvalue weighted by atomic mass is 9.82. The first-order valence-electron chi connectivity index (χ1n) is 7.70. The highest BCUT2D eigenvalue weighted by Crippen LogP contribution is 2.24. The first kappa shape index (κ1) is 15.5. The third-order valence-electron chi connectivity index (χ3n) is 4.33. The third-order valence-corrected chi connectivity index (χ3v) is 4.33. The molecule has 1 saturated heterocycles. The molecule has 2 rings (SSSR count). The summed E-state index contributed by atoms with van der Waals surface area (Å²) in [5.41, 5.74) is 7.39. The molecule has 2 unspecified atom stereocenters. The smallest absolute Gasteiger partial charge is 0.0701 e. The average Bonchev–Trinajstić information content (AvgIpc) is 2.49. The van der Waals surface area contributed by atoms with Gasteiger partial charge in [0.1, 0.15) is 0 Å². The van der Waals surface area contributed by atoms with Crippen molar-refractivity contribution < 1.29 is 4.74 Å². The van der Waals surface area contributed by atoms with E-state index in [1.807, 2.05) is 0 Å². The van der Waals surface area contributed by atoms with Crippen LogP contribution in [0.5, 0.6) is 0 Å². The zero-order valence-electron chi connectivity index (χ0n) is 12.8. The molecule has 20 heavy (non-hydrogen) atoms. The lowest BCUT2D eigenvalue weighted by Gasteiger charge is -2.35. The van der Waals surface area contributed by atoms with Crippen LogP contribution in [0.25, 0.3) is 0 Å². The Hall–Kier alpha value is -0.900. The van der Waals surface area contributed by atoms with Crippen molar-refractivity contribution in [1.82, 2.24) is 4.90 Å². The quantitative estimate of drug-likeness (QED) is 0.867. The summed E-state index contributed by atoms with van der Waals surface area (Å²) in [6.07, 6.45) is 4.09. The van der Waals surface area contributed by atoms with Gasteiger partial charge >= 0.3 is 0 Å². The van der Waals surface area contributed by atoms with E-state index in [0.717, 1.165) is 19.7 Å². The topological polar surface area (TPSA) is 38.5 Å². The van der Waals surface area contributed by atoms with E-state index >= 15 is 0 Å². The van der Waals surface area contributed by atoms with E-state index in [9.17, 15) is 0 Å². The number of ether oxygens (including phenoxy) is 1. The number of hydrogen-bond acceptors (Lipinski definition) is 3. The summed E-state index contributed by atoms with van der Waals surface area (Å²) in [4.78, 5) is 2.37. The highest BCUT2D eigenvalue weighted by atomic mass is 16.5. The van der Waals surface area contributed by atoms with E-state index in [2.05, 4.69) is 49.2 Å². The summed E-state index contributed by atoms with van der Waals surface area (Å²) in [6, 6.07) is 10.6. The second kappa shape index (κ2) is 7.21. The van der Waals surface area contributed by atoms with Crippen LogP contribution in [-0.2, 0) is 10.2 Å². The Balaban J connectivity index is 1.94. The molecule has 0 amide bonds. The van der Waals surface area contributed by atoms with Crippen molar-refractivity contribution in [1.29, 1.82) is 0 Å². The summed E-state index contributed by atoms with van der Waals surface area (Å²) in [5, 5.41) is 0. The van der Waals surface area contributed by atoms with Gasteiger partial charge in [0, 0.05) is 31.7 Å². The Labute approximate surface area is 123 Å².